The molecule has 3 N–H and O–H groups in total. The van der Waals surface area contributed by atoms with Crippen molar-refractivity contribution in [1.82, 2.24) is 21.1 Å². The predicted molar refractivity (Wildman–Crippen MR) is 107 cm³/mol. The van der Waals surface area contributed by atoms with Crippen LogP contribution in [0.2, 0.25) is 0 Å². The molecule has 5 unspecified atom stereocenters. The SMILES string of the molecule is O=C(NCC(c1ccccc1)N1CCOCC1)C1NNC2CCC([N+](=O)[O-])CC21. The van der Waals surface area contributed by atoms with Gasteiger partial charge in [-0.05, 0) is 12.0 Å². The van der Waals surface area contributed by atoms with E-state index in [0.717, 1.165) is 18.7 Å². The van der Waals surface area contributed by atoms with Crippen molar-refractivity contribution in [3.63, 3.8) is 0 Å². The Bertz CT molecular complexity index is 712. The number of amides is 1. The highest BCUT2D eigenvalue weighted by Crippen LogP contribution is 2.32. The molecule has 1 aromatic rings. The third-order valence-electron chi connectivity index (χ3n) is 6.45. The Kier molecular flexibility index (Phi) is 6.39. The minimum absolute atomic E-state index is 0.0577. The summed E-state index contributed by atoms with van der Waals surface area (Å²) in [5, 5.41) is 14.3. The summed E-state index contributed by atoms with van der Waals surface area (Å²) in [6.45, 7) is 3.54. The van der Waals surface area contributed by atoms with Gasteiger partial charge in [0.2, 0.25) is 11.9 Å². The molecule has 2 saturated heterocycles. The molecular formula is C20H29N5O4. The summed E-state index contributed by atoms with van der Waals surface area (Å²) >= 11 is 0. The number of morpholine rings is 1. The summed E-state index contributed by atoms with van der Waals surface area (Å²) in [7, 11) is 0. The number of rotatable bonds is 6. The Hall–Kier alpha value is -2.07. The third-order valence-corrected chi connectivity index (χ3v) is 6.45. The van der Waals surface area contributed by atoms with Crippen LogP contribution in [0.4, 0.5) is 0 Å². The molecule has 0 radical (unpaired) electrons. The monoisotopic (exact) mass is 403 g/mol. The number of hydrazine groups is 1. The molecule has 4 rings (SSSR count). The van der Waals surface area contributed by atoms with Gasteiger partial charge in [-0.15, -0.1) is 0 Å². The van der Waals surface area contributed by atoms with Crippen molar-refractivity contribution in [2.45, 2.75) is 43.4 Å². The number of carbonyl (C=O) groups excluding carboxylic acids is 1. The van der Waals surface area contributed by atoms with Gasteiger partial charge in [0.05, 0.1) is 19.3 Å². The Morgan fingerprint density at radius 1 is 1.24 bits per heavy atom. The summed E-state index contributed by atoms with van der Waals surface area (Å²) in [4.78, 5) is 26.3. The lowest BCUT2D eigenvalue weighted by Gasteiger charge is -2.35. The second-order valence-electron chi connectivity index (χ2n) is 8.11. The summed E-state index contributed by atoms with van der Waals surface area (Å²) in [6, 6.07) is 9.37. The smallest absolute Gasteiger partial charge is 0.238 e. The molecule has 5 atom stereocenters. The number of nitrogens with one attached hydrogen (secondary N) is 3. The van der Waals surface area contributed by atoms with Crippen LogP contribution in [0, 0.1) is 16.0 Å². The third kappa shape index (κ3) is 4.58. The molecule has 1 saturated carbocycles. The van der Waals surface area contributed by atoms with Gasteiger partial charge in [0.25, 0.3) is 0 Å². The number of nitro groups is 1. The van der Waals surface area contributed by atoms with Crippen LogP contribution in [0.15, 0.2) is 30.3 Å². The molecule has 2 aliphatic heterocycles. The van der Waals surface area contributed by atoms with Crippen LogP contribution in [0.25, 0.3) is 0 Å². The zero-order valence-electron chi connectivity index (χ0n) is 16.5. The van der Waals surface area contributed by atoms with Gasteiger partial charge < -0.3 is 10.1 Å². The van der Waals surface area contributed by atoms with E-state index in [9.17, 15) is 14.9 Å². The number of hydrogen-bond donors (Lipinski definition) is 3. The normalized spacial score (nSPS) is 31.0. The highest BCUT2D eigenvalue weighted by Gasteiger charge is 2.46. The summed E-state index contributed by atoms with van der Waals surface area (Å²) in [5.74, 6) is -0.152. The maximum absolute atomic E-state index is 13.0. The van der Waals surface area contributed by atoms with Gasteiger partial charge in [0, 0.05) is 49.4 Å². The Morgan fingerprint density at radius 2 is 2.00 bits per heavy atom. The van der Waals surface area contributed by atoms with Crippen molar-refractivity contribution in [3.05, 3.63) is 46.0 Å². The Labute approximate surface area is 170 Å². The van der Waals surface area contributed by atoms with Crippen LogP contribution >= 0.6 is 0 Å². The fourth-order valence-electron chi connectivity index (χ4n) is 4.81. The van der Waals surface area contributed by atoms with E-state index in [0.29, 0.717) is 39.0 Å². The number of ether oxygens (including phenoxy) is 1. The summed E-state index contributed by atoms with van der Waals surface area (Å²) in [6.07, 6.45) is 1.71. The van der Waals surface area contributed by atoms with E-state index in [1.165, 1.54) is 0 Å². The molecule has 0 bridgehead atoms. The maximum Gasteiger partial charge on any atom is 0.238 e. The molecule has 1 amide bonds. The fraction of sp³-hybridized carbons (Fsp3) is 0.650. The highest BCUT2D eigenvalue weighted by atomic mass is 16.6. The van der Waals surface area contributed by atoms with Crippen LogP contribution in [-0.4, -0.2) is 66.7 Å². The maximum atomic E-state index is 13.0. The second-order valence-corrected chi connectivity index (χ2v) is 8.11. The number of carbonyl (C=O) groups is 1. The van der Waals surface area contributed by atoms with Gasteiger partial charge in [-0.3, -0.25) is 25.2 Å². The van der Waals surface area contributed by atoms with Crippen LogP contribution < -0.4 is 16.2 Å². The molecule has 29 heavy (non-hydrogen) atoms. The lowest BCUT2D eigenvalue weighted by Crippen LogP contribution is -2.50. The van der Waals surface area contributed by atoms with Gasteiger partial charge in [-0.2, -0.15) is 0 Å². The number of fused-ring (bicyclic) bond motifs is 1. The molecular weight excluding hydrogens is 374 g/mol. The highest BCUT2D eigenvalue weighted by molar-refractivity contribution is 5.82. The van der Waals surface area contributed by atoms with Gasteiger partial charge in [-0.1, -0.05) is 30.3 Å². The van der Waals surface area contributed by atoms with Crippen molar-refractivity contribution in [2.24, 2.45) is 5.92 Å². The van der Waals surface area contributed by atoms with Crippen LogP contribution in [0.1, 0.15) is 30.9 Å². The molecule has 1 aliphatic carbocycles. The summed E-state index contributed by atoms with van der Waals surface area (Å²) in [5.41, 5.74) is 7.42. The standard InChI is InChI=1S/C20H29N5O4/c26-20(19-16-12-15(25(27)28)6-7-17(16)22-23-19)21-13-18(14-4-2-1-3-5-14)24-8-10-29-11-9-24/h1-5,15-19,22-23H,6-13H2,(H,21,26). The zero-order chi connectivity index (χ0) is 20.2. The molecule has 0 spiro atoms. The molecule has 3 fully saturated rings. The number of nitrogens with zero attached hydrogens (tertiary/aromatic N) is 2. The molecule has 9 nitrogen and oxygen atoms in total. The lowest BCUT2D eigenvalue weighted by atomic mass is 9.79. The van der Waals surface area contributed by atoms with E-state index in [1.54, 1.807) is 0 Å². The minimum Gasteiger partial charge on any atom is -0.379 e. The van der Waals surface area contributed by atoms with Gasteiger partial charge in [0.15, 0.2) is 0 Å². The number of hydrogen-bond acceptors (Lipinski definition) is 7. The van der Waals surface area contributed by atoms with Crippen molar-refractivity contribution in [2.75, 3.05) is 32.8 Å². The van der Waals surface area contributed by atoms with Crippen molar-refractivity contribution in [1.29, 1.82) is 0 Å². The minimum atomic E-state index is -0.557. The first-order valence-electron chi connectivity index (χ1n) is 10.4. The molecule has 158 valence electrons. The van der Waals surface area contributed by atoms with Crippen LogP contribution in [0.3, 0.4) is 0 Å². The van der Waals surface area contributed by atoms with E-state index in [-0.39, 0.29) is 28.8 Å². The van der Waals surface area contributed by atoms with E-state index >= 15 is 0 Å². The van der Waals surface area contributed by atoms with Gasteiger partial charge in [-0.25, -0.2) is 5.43 Å². The van der Waals surface area contributed by atoms with Crippen molar-refractivity contribution >= 4 is 5.91 Å². The predicted octanol–water partition coefficient (Wildman–Crippen LogP) is 0.467. The van der Waals surface area contributed by atoms with E-state index < -0.39 is 12.1 Å². The summed E-state index contributed by atoms with van der Waals surface area (Å²) < 4.78 is 5.48. The largest absolute Gasteiger partial charge is 0.379 e. The topological polar surface area (TPSA) is 109 Å². The molecule has 0 aromatic heterocycles. The number of benzene rings is 1. The first-order valence-corrected chi connectivity index (χ1v) is 10.4. The molecule has 2 heterocycles. The first kappa shape index (κ1) is 20.2. The van der Waals surface area contributed by atoms with Crippen molar-refractivity contribution in [3.8, 4) is 0 Å². The molecule has 1 aromatic carbocycles. The van der Waals surface area contributed by atoms with Crippen LogP contribution in [-0.2, 0) is 9.53 Å². The fourth-order valence-corrected chi connectivity index (χ4v) is 4.81. The Balaban J connectivity index is 1.40. The van der Waals surface area contributed by atoms with Gasteiger partial charge in [0.1, 0.15) is 6.04 Å². The Morgan fingerprint density at radius 3 is 2.72 bits per heavy atom. The molecule has 3 aliphatic rings. The average molecular weight is 403 g/mol. The van der Waals surface area contributed by atoms with Crippen LogP contribution in [0.5, 0.6) is 0 Å². The van der Waals surface area contributed by atoms with Crippen molar-refractivity contribution < 1.29 is 14.5 Å². The quantitative estimate of drug-likeness (QED) is 0.468. The lowest BCUT2D eigenvalue weighted by molar-refractivity contribution is -0.528. The first-order chi connectivity index (χ1) is 14.1. The second kappa shape index (κ2) is 9.17. The zero-order valence-corrected chi connectivity index (χ0v) is 16.5. The van der Waals surface area contributed by atoms with E-state index in [1.807, 2.05) is 18.2 Å². The molecule has 9 heteroatoms. The van der Waals surface area contributed by atoms with E-state index in [2.05, 4.69) is 33.2 Å². The average Bonchev–Trinajstić information content (AvgIpc) is 3.18. The van der Waals surface area contributed by atoms with Gasteiger partial charge >= 0.3 is 0 Å². The van der Waals surface area contributed by atoms with E-state index in [4.69, 9.17) is 4.74 Å².